The zero-order valence-corrected chi connectivity index (χ0v) is 25.7. The van der Waals surface area contributed by atoms with E-state index in [4.69, 9.17) is 0 Å². The van der Waals surface area contributed by atoms with Crippen molar-refractivity contribution in [2.75, 3.05) is 14.1 Å². The number of carbonyl (C=O) groups is 2. The fourth-order valence-electron chi connectivity index (χ4n) is 4.72. The summed E-state index contributed by atoms with van der Waals surface area (Å²) in [5.74, 6) is 0.219. The lowest BCUT2D eigenvalue weighted by atomic mass is 9.94. The molecule has 0 aliphatic carbocycles. The second-order valence-electron chi connectivity index (χ2n) is 10.1. The summed E-state index contributed by atoms with van der Waals surface area (Å²) in [4.78, 5) is 25.5. The van der Waals surface area contributed by atoms with Crippen molar-refractivity contribution >= 4 is 34.7 Å². The van der Waals surface area contributed by atoms with Gasteiger partial charge >= 0.3 is 0 Å². The summed E-state index contributed by atoms with van der Waals surface area (Å²) in [7, 11) is 5.48. The maximum Gasteiger partial charge on any atom is 0.253 e. The largest absolute Gasteiger partial charge is 0.345 e. The van der Waals surface area contributed by atoms with E-state index >= 15 is 0 Å². The van der Waals surface area contributed by atoms with Gasteiger partial charge in [-0.05, 0) is 65.1 Å². The van der Waals surface area contributed by atoms with Gasteiger partial charge in [0.1, 0.15) is 0 Å². The second-order valence-corrected chi connectivity index (χ2v) is 10.1. The van der Waals surface area contributed by atoms with E-state index in [-0.39, 0.29) is 17.6 Å². The molecule has 0 saturated heterocycles. The van der Waals surface area contributed by atoms with Crippen molar-refractivity contribution in [2.45, 2.75) is 54.4 Å². The van der Waals surface area contributed by atoms with Crippen molar-refractivity contribution in [1.82, 2.24) is 14.7 Å². The number of benzene rings is 3. The predicted octanol–water partition coefficient (Wildman–Crippen LogP) is 6.41. The van der Waals surface area contributed by atoms with Crippen LogP contribution in [0.1, 0.15) is 64.0 Å². The van der Waals surface area contributed by atoms with Gasteiger partial charge in [0, 0.05) is 37.7 Å². The number of nitrogens with zero attached hydrogens (tertiary/aromatic N) is 3. The van der Waals surface area contributed by atoms with E-state index in [1.807, 2.05) is 81.9 Å². The van der Waals surface area contributed by atoms with Crippen LogP contribution in [0.2, 0.25) is 0 Å². The van der Waals surface area contributed by atoms with Gasteiger partial charge in [-0.2, -0.15) is 5.10 Å². The molecule has 40 heavy (non-hydrogen) atoms. The molecule has 0 aliphatic heterocycles. The van der Waals surface area contributed by atoms with Gasteiger partial charge in [-0.25, -0.2) is 0 Å². The Labute approximate surface area is 239 Å². The maximum absolute atomic E-state index is 12.0. The number of aromatic nitrogens is 2. The number of carbonyl (C=O) groups excluding carboxylic acids is 2. The number of rotatable bonds is 6. The molecule has 1 heterocycles. The van der Waals surface area contributed by atoms with Gasteiger partial charge in [-0.15, -0.1) is 0 Å². The molecule has 212 valence electrons. The van der Waals surface area contributed by atoms with Gasteiger partial charge < -0.3 is 4.90 Å². The van der Waals surface area contributed by atoms with Crippen LogP contribution in [-0.4, -0.2) is 40.5 Å². The number of fused-ring (bicyclic) bond motifs is 1. The molecule has 5 heteroatoms. The average molecular weight is 540 g/mol. The Morgan fingerprint density at radius 1 is 0.950 bits per heavy atom. The van der Waals surface area contributed by atoms with Gasteiger partial charge in [0.05, 0.1) is 11.2 Å². The molecule has 0 radical (unpaired) electrons. The highest BCUT2D eigenvalue weighted by Crippen LogP contribution is 2.19. The van der Waals surface area contributed by atoms with Crippen LogP contribution in [0.3, 0.4) is 0 Å². The lowest BCUT2D eigenvalue weighted by Gasteiger charge is -2.11. The van der Waals surface area contributed by atoms with Crippen LogP contribution < -0.4 is 10.4 Å². The van der Waals surface area contributed by atoms with Crippen LogP contribution in [0.5, 0.6) is 0 Å². The van der Waals surface area contributed by atoms with Crippen molar-refractivity contribution in [3.63, 3.8) is 0 Å². The molecule has 0 bridgehead atoms. The van der Waals surface area contributed by atoms with Gasteiger partial charge in [0.15, 0.2) is 5.78 Å². The van der Waals surface area contributed by atoms with E-state index in [1.165, 1.54) is 16.6 Å². The third-order valence-corrected chi connectivity index (χ3v) is 6.54. The topological polar surface area (TPSA) is 55.2 Å². The molecule has 0 atom stereocenters. The molecular formula is C35H45N3O2. The maximum atomic E-state index is 12.0. The second kappa shape index (κ2) is 15.0. The average Bonchev–Trinajstić information content (AvgIpc) is 3.26. The van der Waals surface area contributed by atoms with Crippen LogP contribution >= 0.6 is 0 Å². The molecule has 5 nitrogen and oxygen atoms in total. The molecular weight excluding hydrogens is 494 g/mol. The van der Waals surface area contributed by atoms with E-state index in [0.29, 0.717) is 5.56 Å². The lowest BCUT2D eigenvalue weighted by molar-refractivity contribution is -0.112. The first kappa shape index (κ1) is 32.2. The third-order valence-electron chi connectivity index (χ3n) is 6.54. The minimum atomic E-state index is -0.0163. The van der Waals surface area contributed by atoms with E-state index in [0.717, 1.165) is 40.0 Å². The van der Waals surface area contributed by atoms with E-state index in [9.17, 15) is 9.59 Å². The number of hydrogen-bond donors (Lipinski definition) is 0. The molecule has 1 aromatic heterocycles. The van der Waals surface area contributed by atoms with E-state index in [1.54, 1.807) is 25.9 Å². The Bertz CT molecular complexity index is 1540. The predicted molar refractivity (Wildman–Crippen MR) is 170 cm³/mol. The van der Waals surface area contributed by atoms with Crippen LogP contribution in [0.25, 0.3) is 34.2 Å². The van der Waals surface area contributed by atoms with Gasteiger partial charge in [0.25, 0.3) is 5.91 Å². The van der Waals surface area contributed by atoms with Crippen LogP contribution in [0.4, 0.5) is 0 Å². The standard InChI is InChI=1S/C22H25NO2.C11H14N2.C2H6/c1-14(2)21(16(4)24)20-12-11-19(13-15(20)3)17-7-9-18(10-8-17)22(25)23(5)6;1-3-6-10-9-7-4-5-8-11(9)13(2)12-10;1-2/h7-14H,3H2,1-2,4-6H3;4-5,7-8H,3,6H2,1-2H3;1-2H3/b21-20+;;. The van der Waals surface area contributed by atoms with Crippen LogP contribution in [0, 0.1) is 5.92 Å². The molecule has 0 N–H and O–H groups in total. The minimum Gasteiger partial charge on any atom is -0.345 e. The highest BCUT2D eigenvalue weighted by Gasteiger charge is 2.11. The zero-order valence-electron chi connectivity index (χ0n) is 25.7. The summed E-state index contributed by atoms with van der Waals surface area (Å²) in [6.45, 7) is 15.9. The summed E-state index contributed by atoms with van der Waals surface area (Å²) < 4.78 is 1.96. The monoisotopic (exact) mass is 539 g/mol. The summed E-state index contributed by atoms with van der Waals surface area (Å²) in [5.41, 5.74) is 5.95. The fourth-order valence-corrected chi connectivity index (χ4v) is 4.72. The number of para-hydroxylation sites is 1. The summed E-state index contributed by atoms with van der Waals surface area (Å²) in [6, 6.07) is 21.9. The Morgan fingerprint density at radius 3 is 2.08 bits per heavy atom. The molecule has 0 saturated carbocycles. The molecule has 4 rings (SSSR count). The van der Waals surface area contributed by atoms with Crippen LogP contribution in [-0.2, 0) is 18.3 Å². The molecule has 0 spiro atoms. The number of amides is 1. The van der Waals surface area contributed by atoms with Crippen molar-refractivity contribution in [2.24, 2.45) is 13.0 Å². The fraction of sp³-hybridized carbons (Fsp3) is 0.343. The molecule has 4 aromatic rings. The number of Topliss-reactive ketones (excluding diaryl/α,β-unsaturated/α-hetero) is 1. The van der Waals surface area contributed by atoms with Gasteiger partial charge in [0.2, 0.25) is 0 Å². The van der Waals surface area contributed by atoms with Gasteiger partial charge in [-0.3, -0.25) is 14.3 Å². The molecule has 0 fully saturated rings. The Kier molecular flexibility index (Phi) is 12.1. The number of ketones is 1. The Hall–Kier alpha value is -3.99. The highest BCUT2D eigenvalue weighted by molar-refractivity contribution is 6.13. The van der Waals surface area contributed by atoms with Crippen molar-refractivity contribution in [1.29, 1.82) is 0 Å². The summed E-state index contributed by atoms with van der Waals surface area (Å²) >= 11 is 0. The van der Waals surface area contributed by atoms with Crippen LogP contribution in [0.15, 0.2) is 66.7 Å². The molecule has 3 aromatic carbocycles. The van der Waals surface area contributed by atoms with E-state index < -0.39 is 0 Å². The highest BCUT2D eigenvalue weighted by atomic mass is 16.2. The molecule has 0 aliphatic rings. The number of aryl methyl sites for hydroxylation is 2. The smallest absolute Gasteiger partial charge is 0.253 e. The normalized spacial score (nSPS) is 11.2. The van der Waals surface area contributed by atoms with Crippen molar-refractivity contribution in [3.05, 3.63) is 88.4 Å². The number of hydrogen-bond acceptors (Lipinski definition) is 3. The first-order valence-corrected chi connectivity index (χ1v) is 14.1. The van der Waals surface area contributed by atoms with Crippen molar-refractivity contribution in [3.8, 4) is 11.1 Å². The first-order valence-electron chi connectivity index (χ1n) is 14.1. The van der Waals surface area contributed by atoms with Crippen molar-refractivity contribution < 1.29 is 9.59 Å². The molecule has 1 amide bonds. The summed E-state index contributed by atoms with van der Waals surface area (Å²) in [5, 5.41) is 7.54. The SMILES string of the molecule is C=c1cc(-c2ccc(C(=O)N(C)C)cc2)cc/c1=C(\C(C)=O)C(C)C.CC.CCCc1nn(C)c2ccccc12. The molecule has 0 unspecified atom stereocenters. The van der Waals surface area contributed by atoms with E-state index in [2.05, 4.69) is 42.9 Å². The quantitative estimate of drug-likeness (QED) is 0.284. The van der Waals surface area contributed by atoms with Gasteiger partial charge in [-0.1, -0.05) is 90.1 Å². The Morgan fingerprint density at radius 2 is 1.55 bits per heavy atom. The minimum absolute atomic E-state index is 0.0163. The Balaban J connectivity index is 0.000000311. The third kappa shape index (κ3) is 7.78. The summed E-state index contributed by atoms with van der Waals surface area (Å²) in [6.07, 6.45) is 2.22. The zero-order chi connectivity index (χ0) is 30.0. The first-order chi connectivity index (χ1) is 19.0. The lowest BCUT2D eigenvalue weighted by Crippen LogP contribution is -2.29.